The summed E-state index contributed by atoms with van der Waals surface area (Å²) in [5, 5.41) is 17.6. The fourth-order valence-corrected chi connectivity index (χ4v) is 5.19. The predicted molar refractivity (Wildman–Crippen MR) is 80.2 cm³/mol. The third-order valence-electron chi connectivity index (χ3n) is 4.12. The Bertz CT molecular complexity index is 929. The first-order chi connectivity index (χ1) is 11.0. The van der Waals surface area contributed by atoms with E-state index in [1.807, 2.05) is 12.1 Å². The van der Waals surface area contributed by atoms with E-state index in [2.05, 4.69) is 0 Å². The van der Waals surface area contributed by atoms with Gasteiger partial charge < -0.3 is 0 Å². The molecule has 114 valence electrons. The van der Waals surface area contributed by atoms with E-state index >= 15 is 0 Å². The standard InChI is InChI=1S/C17H11FN2O2S/c18-13-6-4-5-12(9-13)15-16(17(15,10-19)11-20)23(21,22)14-7-2-1-3-8-14/h1-9,15-16H/t15-,16-/m1/s1. The molecule has 1 saturated carbocycles. The highest BCUT2D eigenvalue weighted by molar-refractivity contribution is 7.92. The molecule has 2 atom stereocenters. The van der Waals surface area contributed by atoms with Crippen molar-refractivity contribution >= 4 is 9.84 Å². The molecule has 0 aromatic heterocycles. The maximum Gasteiger partial charge on any atom is 0.184 e. The zero-order chi connectivity index (χ0) is 16.7. The minimum Gasteiger partial charge on any atom is -0.223 e. The van der Waals surface area contributed by atoms with Crippen molar-refractivity contribution in [2.45, 2.75) is 16.1 Å². The van der Waals surface area contributed by atoms with Gasteiger partial charge in [-0.1, -0.05) is 30.3 Å². The van der Waals surface area contributed by atoms with Crippen LogP contribution >= 0.6 is 0 Å². The molecule has 0 unspecified atom stereocenters. The highest BCUT2D eigenvalue weighted by atomic mass is 32.2. The quantitative estimate of drug-likeness (QED) is 0.868. The molecule has 6 heteroatoms. The molecule has 23 heavy (non-hydrogen) atoms. The summed E-state index contributed by atoms with van der Waals surface area (Å²) in [5.41, 5.74) is -1.35. The van der Waals surface area contributed by atoms with Crippen molar-refractivity contribution in [2.75, 3.05) is 0 Å². The molecule has 0 aliphatic heterocycles. The first-order valence-electron chi connectivity index (χ1n) is 6.84. The van der Waals surface area contributed by atoms with Gasteiger partial charge in [-0.25, -0.2) is 12.8 Å². The number of rotatable bonds is 3. The second kappa shape index (κ2) is 5.19. The molecule has 0 heterocycles. The van der Waals surface area contributed by atoms with Crippen molar-refractivity contribution in [3.63, 3.8) is 0 Å². The first kappa shape index (κ1) is 15.2. The van der Waals surface area contributed by atoms with E-state index in [0.717, 1.165) is 0 Å². The lowest BCUT2D eigenvalue weighted by Crippen LogP contribution is -2.14. The van der Waals surface area contributed by atoms with Gasteiger partial charge in [-0.3, -0.25) is 0 Å². The highest BCUT2D eigenvalue weighted by Crippen LogP contribution is 2.63. The molecule has 0 N–H and O–H groups in total. The Kier molecular flexibility index (Phi) is 3.43. The van der Waals surface area contributed by atoms with Gasteiger partial charge in [-0.15, -0.1) is 0 Å². The zero-order valence-electron chi connectivity index (χ0n) is 11.8. The van der Waals surface area contributed by atoms with Crippen molar-refractivity contribution in [3.05, 3.63) is 66.0 Å². The van der Waals surface area contributed by atoms with Crippen LogP contribution in [0.25, 0.3) is 0 Å². The lowest BCUT2D eigenvalue weighted by Gasteiger charge is -2.03. The lowest BCUT2D eigenvalue weighted by atomic mass is 10.0. The van der Waals surface area contributed by atoms with Gasteiger partial charge in [0.15, 0.2) is 15.3 Å². The maximum atomic E-state index is 13.4. The Morgan fingerprint density at radius 2 is 1.65 bits per heavy atom. The SMILES string of the molecule is N#CC1(C#N)[C@H](c2cccc(F)c2)[C@H]1S(=O)(=O)c1ccccc1. The summed E-state index contributed by atoms with van der Waals surface area (Å²) in [6.07, 6.45) is 0. The largest absolute Gasteiger partial charge is 0.223 e. The molecular formula is C17H11FN2O2S. The smallest absolute Gasteiger partial charge is 0.184 e. The molecule has 1 aliphatic rings. The molecule has 3 rings (SSSR count). The molecule has 0 saturated heterocycles. The molecule has 2 aromatic rings. The highest BCUT2D eigenvalue weighted by Gasteiger charge is 2.73. The Hall–Kier alpha value is -2.70. The molecule has 4 nitrogen and oxygen atoms in total. The van der Waals surface area contributed by atoms with Gasteiger partial charge in [0.05, 0.1) is 17.0 Å². The van der Waals surface area contributed by atoms with Gasteiger partial charge in [-0.05, 0) is 29.8 Å². The molecule has 0 radical (unpaired) electrons. The minimum atomic E-state index is -3.88. The summed E-state index contributed by atoms with van der Waals surface area (Å²) >= 11 is 0. The average molecular weight is 326 g/mol. The number of nitriles is 2. The molecule has 2 aromatic carbocycles. The number of sulfone groups is 1. The Balaban J connectivity index is 2.12. The lowest BCUT2D eigenvalue weighted by molar-refractivity contribution is 0.591. The van der Waals surface area contributed by atoms with Crippen LogP contribution in [-0.2, 0) is 9.84 Å². The Morgan fingerprint density at radius 3 is 2.22 bits per heavy atom. The molecule has 1 aliphatic carbocycles. The van der Waals surface area contributed by atoms with Crippen LogP contribution in [0.5, 0.6) is 0 Å². The fraction of sp³-hybridized carbons (Fsp3) is 0.176. The van der Waals surface area contributed by atoms with E-state index in [4.69, 9.17) is 0 Å². The van der Waals surface area contributed by atoms with Crippen molar-refractivity contribution in [1.29, 1.82) is 10.5 Å². The minimum absolute atomic E-state index is 0.0544. The van der Waals surface area contributed by atoms with Gasteiger partial charge in [0.2, 0.25) is 0 Å². The Morgan fingerprint density at radius 1 is 1.00 bits per heavy atom. The van der Waals surface area contributed by atoms with Crippen LogP contribution in [-0.4, -0.2) is 13.7 Å². The van der Waals surface area contributed by atoms with Crippen LogP contribution in [0.15, 0.2) is 59.5 Å². The molecule has 0 amide bonds. The zero-order valence-corrected chi connectivity index (χ0v) is 12.7. The summed E-state index contributed by atoms with van der Waals surface area (Å²) < 4.78 is 39.0. The van der Waals surface area contributed by atoms with Crippen molar-refractivity contribution in [1.82, 2.24) is 0 Å². The second-order valence-electron chi connectivity index (χ2n) is 5.40. The first-order valence-corrected chi connectivity index (χ1v) is 8.39. The Labute approximate surface area is 133 Å². The average Bonchev–Trinajstić information content (AvgIpc) is 3.26. The van der Waals surface area contributed by atoms with E-state index in [1.165, 1.54) is 36.4 Å². The topological polar surface area (TPSA) is 81.7 Å². The van der Waals surface area contributed by atoms with Gasteiger partial charge in [0.1, 0.15) is 11.1 Å². The van der Waals surface area contributed by atoms with Gasteiger partial charge >= 0.3 is 0 Å². The summed E-state index contributed by atoms with van der Waals surface area (Å²) in [6, 6.07) is 16.7. The van der Waals surface area contributed by atoms with Gasteiger partial charge in [0.25, 0.3) is 0 Å². The number of hydrogen-bond acceptors (Lipinski definition) is 4. The molecule has 0 bridgehead atoms. The molecule has 0 spiro atoms. The van der Waals surface area contributed by atoms with Crippen molar-refractivity contribution in [2.24, 2.45) is 5.41 Å². The van der Waals surface area contributed by atoms with Crippen molar-refractivity contribution in [3.8, 4) is 12.1 Å². The second-order valence-corrected chi connectivity index (χ2v) is 7.47. The van der Waals surface area contributed by atoms with Crippen LogP contribution < -0.4 is 0 Å². The third-order valence-corrected chi connectivity index (χ3v) is 6.36. The summed E-state index contributed by atoms with van der Waals surface area (Å²) in [5.74, 6) is -1.39. The van der Waals surface area contributed by atoms with Crippen LogP contribution in [0.1, 0.15) is 11.5 Å². The van der Waals surface area contributed by atoms with Crippen LogP contribution in [0.3, 0.4) is 0 Å². The van der Waals surface area contributed by atoms with Crippen molar-refractivity contribution < 1.29 is 12.8 Å². The van der Waals surface area contributed by atoms with Gasteiger partial charge in [-0.2, -0.15) is 10.5 Å². The van der Waals surface area contributed by atoms with E-state index in [9.17, 15) is 23.3 Å². The summed E-state index contributed by atoms with van der Waals surface area (Å²) in [4.78, 5) is 0.0544. The fourth-order valence-electron chi connectivity index (χ4n) is 2.97. The predicted octanol–water partition coefficient (Wildman–Crippen LogP) is 2.80. The van der Waals surface area contributed by atoms with E-state index in [0.29, 0.717) is 5.56 Å². The summed E-state index contributed by atoms with van der Waals surface area (Å²) in [6.45, 7) is 0. The van der Waals surface area contributed by atoms with Gasteiger partial charge in [0, 0.05) is 5.92 Å². The van der Waals surface area contributed by atoms with E-state index in [-0.39, 0.29) is 4.90 Å². The van der Waals surface area contributed by atoms with Crippen LogP contribution in [0, 0.1) is 33.9 Å². The van der Waals surface area contributed by atoms with Crippen LogP contribution in [0.4, 0.5) is 4.39 Å². The summed E-state index contributed by atoms with van der Waals surface area (Å²) in [7, 11) is -3.88. The number of nitrogens with zero attached hydrogens (tertiary/aromatic N) is 2. The van der Waals surface area contributed by atoms with Crippen LogP contribution in [0.2, 0.25) is 0 Å². The normalized spacial score (nSPS) is 21.9. The number of hydrogen-bond donors (Lipinski definition) is 0. The monoisotopic (exact) mass is 326 g/mol. The number of benzene rings is 2. The third kappa shape index (κ3) is 2.19. The molecular weight excluding hydrogens is 315 g/mol. The molecule has 1 fully saturated rings. The maximum absolute atomic E-state index is 13.4. The van der Waals surface area contributed by atoms with E-state index in [1.54, 1.807) is 18.2 Å². The van der Waals surface area contributed by atoms with E-state index < -0.39 is 32.2 Å². The number of halogens is 1.